The second-order valence-corrected chi connectivity index (χ2v) is 3.85. The van der Waals surface area contributed by atoms with Gasteiger partial charge in [0.25, 0.3) is 0 Å². The van der Waals surface area contributed by atoms with Gasteiger partial charge in [0.15, 0.2) is 0 Å². The molecule has 0 bridgehead atoms. The van der Waals surface area contributed by atoms with Crippen LogP contribution in [-0.2, 0) is 9.59 Å². The maximum atomic E-state index is 11.3. The van der Waals surface area contributed by atoms with Crippen molar-refractivity contribution in [2.75, 3.05) is 18.6 Å². The molecule has 0 aromatic carbocycles. The lowest BCUT2D eigenvalue weighted by Gasteiger charge is -2.21. The highest BCUT2D eigenvalue weighted by Gasteiger charge is 2.23. The Balaban J connectivity index is 2.65. The summed E-state index contributed by atoms with van der Waals surface area (Å²) in [7, 11) is 0. The molecule has 0 spiro atoms. The molecule has 78 valence electrons. The van der Waals surface area contributed by atoms with Crippen LogP contribution in [0.2, 0.25) is 0 Å². The summed E-state index contributed by atoms with van der Waals surface area (Å²) in [5.41, 5.74) is 0.0747. The van der Waals surface area contributed by atoms with E-state index in [2.05, 4.69) is 5.10 Å². The van der Waals surface area contributed by atoms with E-state index < -0.39 is 5.97 Å². The molecule has 0 aromatic rings. The first-order valence-electron chi connectivity index (χ1n) is 4.25. The number of thioether (sulfide) groups is 1. The van der Waals surface area contributed by atoms with Gasteiger partial charge in [0.2, 0.25) is 5.91 Å². The summed E-state index contributed by atoms with van der Waals surface area (Å²) in [5.74, 6) is -0.363. The predicted molar refractivity (Wildman–Crippen MR) is 54.4 cm³/mol. The zero-order valence-corrected chi connectivity index (χ0v) is 8.71. The first kappa shape index (κ1) is 11.0. The number of hydrogen-bond acceptors (Lipinski definition) is 4. The first-order valence-corrected chi connectivity index (χ1v) is 5.64. The van der Waals surface area contributed by atoms with Gasteiger partial charge in [0.05, 0.1) is 6.54 Å². The van der Waals surface area contributed by atoms with Crippen LogP contribution in [0, 0.1) is 0 Å². The summed E-state index contributed by atoms with van der Waals surface area (Å²) in [6.07, 6.45) is 2.42. The van der Waals surface area contributed by atoms with Gasteiger partial charge >= 0.3 is 5.97 Å². The Morgan fingerprint density at radius 2 is 2.36 bits per heavy atom. The van der Waals surface area contributed by atoms with Gasteiger partial charge in [0.1, 0.15) is 5.71 Å². The molecular weight excluding hydrogens is 204 g/mol. The van der Waals surface area contributed by atoms with E-state index in [0.717, 1.165) is 5.75 Å². The Kier molecular flexibility index (Phi) is 3.94. The Labute approximate surface area is 86.2 Å². The number of hydrazone groups is 1. The minimum atomic E-state index is -1.04. The van der Waals surface area contributed by atoms with Crippen LogP contribution in [-0.4, -0.2) is 46.3 Å². The molecule has 1 N–H and O–H groups in total. The topological polar surface area (TPSA) is 70.0 Å². The van der Waals surface area contributed by atoms with Crippen LogP contribution in [0.15, 0.2) is 5.10 Å². The van der Waals surface area contributed by atoms with Crippen LogP contribution in [0.3, 0.4) is 0 Å². The second kappa shape index (κ2) is 4.99. The zero-order chi connectivity index (χ0) is 10.6. The van der Waals surface area contributed by atoms with Gasteiger partial charge < -0.3 is 5.11 Å². The van der Waals surface area contributed by atoms with E-state index >= 15 is 0 Å². The van der Waals surface area contributed by atoms with Crippen LogP contribution in [0.5, 0.6) is 0 Å². The van der Waals surface area contributed by atoms with Gasteiger partial charge in [-0.15, -0.1) is 0 Å². The molecule has 1 heterocycles. The van der Waals surface area contributed by atoms with E-state index in [-0.39, 0.29) is 24.5 Å². The smallest absolute Gasteiger partial charge is 0.352 e. The van der Waals surface area contributed by atoms with Crippen LogP contribution in [0.4, 0.5) is 0 Å². The van der Waals surface area contributed by atoms with E-state index in [1.165, 1.54) is 5.01 Å². The average molecular weight is 216 g/mol. The lowest BCUT2D eigenvalue weighted by molar-refractivity contribution is -0.132. The fourth-order valence-corrected chi connectivity index (χ4v) is 1.46. The van der Waals surface area contributed by atoms with Gasteiger partial charge in [-0.05, 0) is 6.26 Å². The summed E-state index contributed by atoms with van der Waals surface area (Å²) in [6, 6.07) is 0. The minimum Gasteiger partial charge on any atom is -0.477 e. The van der Waals surface area contributed by atoms with Crippen LogP contribution in [0.25, 0.3) is 0 Å². The summed E-state index contributed by atoms with van der Waals surface area (Å²) in [5, 5.41) is 13.7. The summed E-state index contributed by atoms with van der Waals surface area (Å²) in [4.78, 5) is 21.9. The molecule has 6 heteroatoms. The second-order valence-electron chi connectivity index (χ2n) is 2.86. The van der Waals surface area contributed by atoms with E-state index in [9.17, 15) is 9.59 Å². The predicted octanol–water partition coefficient (Wildman–Crippen LogP) is 0.412. The quantitative estimate of drug-likeness (QED) is 0.739. The number of rotatable bonds is 4. The van der Waals surface area contributed by atoms with Crippen molar-refractivity contribution >= 4 is 29.4 Å². The fraction of sp³-hybridized carbons (Fsp3) is 0.625. The van der Waals surface area contributed by atoms with Crippen molar-refractivity contribution < 1.29 is 14.7 Å². The third-order valence-electron chi connectivity index (χ3n) is 1.86. The van der Waals surface area contributed by atoms with E-state index in [4.69, 9.17) is 5.11 Å². The zero-order valence-electron chi connectivity index (χ0n) is 7.89. The van der Waals surface area contributed by atoms with Gasteiger partial charge in [-0.1, -0.05) is 0 Å². The van der Waals surface area contributed by atoms with Crippen molar-refractivity contribution in [2.45, 2.75) is 12.8 Å². The van der Waals surface area contributed by atoms with Gasteiger partial charge in [0, 0.05) is 18.6 Å². The average Bonchev–Trinajstić information content (AvgIpc) is 2.16. The summed E-state index contributed by atoms with van der Waals surface area (Å²) < 4.78 is 0. The molecule has 1 aliphatic rings. The molecular formula is C8H12N2O3S. The van der Waals surface area contributed by atoms with E-state index in [0.29, 0.717) is 6.54 Å². The van der Waals surface area contributed by atoms with Crippen LogP contribution in [0.1, 0.15) is 12.8 Å². The Hall–Kier alpha value is -1.04. The molecule has 1 rings (SSSR count). The Morgan fingerprint density at radius 1 is 1.64 bits per heavy atom. The molecule has 0 fully saturated rings. The molecule has 0 atom stereocenters. The van der Waals surface area contributed by atoms with E-state index in [1.54, 1.807) is 11.8 Å². The van der Waals surface area contributed by atoms with E-state index in [1.807, 2.05) is 6.26 Å². The molecule has 0 radical (unpaired) electrons. The lowest BCUT2D eigenvalue weighted by atomic mass is 10.2. The molecule has 5 nitrogen and oxygen atoms in total. The lowest BCUT2D eigenvalue weighted by Crippen LogP contribution is -2.35. The maximum Gasteiger partial charge on any atom is 0.352 e. The van der Waals surface area contributed by atoms with Crippen molar-refractivity contribution in [1.82, 2.24) is 5.01 Å². The standard InChI is InChI=1S/C8H12N2O3S/c1-14-5-4-10-7(11)3-2-6(9-10)8(12)13/h2-5H2,1H3,(H,12,13). The fourth-order valence-electron chi connectivity index (χ4n) is 1.11. The third kappa shape index (κ3) is 2.73. The summed E-state index contributed by atoms with van der Waals surface area (Å²) >= 11 is 1.60. The molecule has 1 amide bonds. The molecule has 0 aromatic heterocycles. The van der Waals surface area contributed by atoms with Crippen LogP contribution < -0.4 is 0 Å². The molecule has 0 saturated heterocycles. The largest absolute Gasteiger partial charge is 0.477 e. The Bertz CT molecular complexity index is 278. The number of carbonyl (C=O) groups excluding carboxylic acids is 1. The number of carboxylic acid groups (broad SMARTS) is 1. The number of hydrogen-bond donors (Lipinski definition) is 1. The van der Waals surface area contributed by atoms with Gasteiger partial charge in [-0.25, -0.2) is 9.80 Å². The van der Waals surface area contributed by atoms with Gasteiger partial charge in [-0.2, -0.15) is 16.9 Å². The molecule has 1 aliphatic heterocycles. The molecule has 0 saturated carbocycles. The minimum absolute atomic E-state index is 0.0747. The molecule has 0 unspecified atom stereocenters. The number of carbonyl (C=O) groups is 2. The normalized spacial score (nSPS) is 16.8. The highest BCUT2D eigenvalue weighted by Crippen LogP contribution is 2.10. The van der Waals surface area contributed by atoms with Crippen molar-refractivity contribution in [1.29, 1.82) is 0 Å². The Morgan fingerprint density at radius 3 is 2.93 bits per heavy atom. The maximum absolute atomic E-state index is 11.3. The third-order valence-corrected chi connectivity index (χ3v) is 2.45. The SMILES string of the molecule is CSCCN1N=C(C(=O)O)CCC1=O. The van der Waals surface area contributed by atoms with Gasteiger partial charge in [-0.3, -0.25) is 4.79 Å². The number of amides is 1. The highest BCUT2D eigenvalue weighted by atomic mass is 32.2. The van der Waals surface area contributed by atoms with Crippen molar-refractivity contribution in [2.24, 2.45) is 5.10 Å². The number of carboxylic acids is 1. The number of aliphatic carboxylic acids is 1. The van der Waals surface area contributed by atoms with Crippen molar-refractivity contribution in [3.8, 4) is 0 Å². The monoisotopic (exact) mass is 216 g/mol. The van der Waals surface area contributed by atoms with Crippen molar-refractivity contribution in [3.05, 3.63) is 0 Å². The van der Waals surface area contributed by atoms with Crippen molar-refractivity contribution in [3.63, 3.8) is 0 Å². The highest BCUT2D eigenvalue weighted by molar-refractivity contribution is 7.98. The molecule has 0 aliphatic carbocycles. The molecule has 14 heavy (non-hydrogen) atoms. The summed E-state index contributed by atoms with van der Waals surface area (Å²) in [6.45, 7) is 0.483. The number of nitrogens with zero attached hydrogens (tertiary/aromatic N) is 2. The van der Waals surface area contributed by atoms with Crippen LogP contribution >= 0.6 is 11.8 Å². The first-order chi connectivity index (χ1) is 6.65.